The van der Waals surface area contributed by atoms with E-state index in [1.54, 1.807) is 11.0 Å². The largest absolute Gasteiger partial charge is 0.489 e. The fourth-order valence-electron chi connectivity index (χ4n) is 3.01. The Morgan fingerprint density at radius 2 is 2.29 bits per heavy atom. The molecule has 2 N–H and O–H groups in total. The van der Waals surface area contributed by atoms with Gasteiger partial charge in [0.25, 0.3) is 5.91 Å². The summed E-state index contributed by atoms with van der Waals surface area (Å²) in [6.07, 6.45) is 1.59. The van der Waals surface area contributed by atoms with Gasteiger partial charge in [-0.15, -0.1) is 0 Å². The average molecular weight is 290 g/mol. The molecule has 0 radical (unpaired) electrons. The van der Waals surface area contributed by atoms with Crippen LogP contribution in [0.3, 0.4) is 0 Å². The first kappa shape index (κ1) is 13.7. The standard InChI is InChI=1S/C15H18N2O4/c18-13(19)9-10-3-2-7-17(10)15(20)11-4-1-5-12-14(11)21-8-6-16-12/h1,4-5,10,16H,2-3,6-9H2,(H,18,19). The first-order valence-corrected chi connectivity index (χ1v) is 7.19. The zero-order valence-electron chi connectivity index (χ0n) is 11.7. The molecule has 0 saturated carbocycles. The molecule has 112 valence electrons. The molecule has 0 spiro atoms. The summed E-state index contributed by atoms with van der Waals surface area (Å²) in [7, 11) is 0. The first-order valence-electron chi connectivity index (χ1n) is 7.19. The number of fused-ring (bicyclic) bond motifs is 1. The van der Waals surface area contributed by atoms with Gasteiger partial charge in [-0.1, -0.05) is 6.07 Å². The number of para-hydroxylation sites is 1. The van der Waals surface area contributed by atoms with E-state index < -0.39 is 5.97 Å². The molecule has 0 aliphatic carbocycles. The molecule has 2 aliphatic heterocycles. The maximum Gasteiger partial charge on any atom is 0.305 e. The summed E-state index contributed by atoms with van der Waals surface area (Å²) >= 11 is 0. The molecule has 1 aromatic carbocycles. The minimum Gasteiger partial charge on any atom is -0.489 e. The van der Waals surface area contributed by atoms with Crippen LogP contribution in [-0.2, 0) is 4.79 Å². The predicted octanol–water partition coefficient (Wildman–Crippen LogP) is 1.57. The van der Waals surface area contributed by atoms with Crippen LogP contribution < -0.4 is 10.1 Å². The highest BCUT2D eigenvalue weighted by Crippen LogP contribution is 2.33. The Hall–Kier alpha value is -2.24. The summed E-state index contributed by atoms with van der Waals surface area (Å²) in [6.45, 7) is 1.85. The predicted molar refractivity (Wildman–Crippen MR) is 76.7 cm³/mol. The van der Waals surface area contributed by atoms with Gasteiger partial charge in [0.2, 0.25) is 0 Å². The number of benzene rings is 1. The average Bonchev–Trinajstić information content (AvgIpc) is 2.93. The minimum atomic E-state index is -0.868. The van der Waals surface area contributed by atoms with Gasteiger partial charge in [0.1, 0.15) is 6.61 Å². The second-order valence-electron chi connectivity index (χ2n) is 5.35. The third-order valence-corrected chi connectivity index (χ3v) is 3.96. The minimum absolute atomic E-state index is 0.000128. The Bertz CT molecular complexity index is 573. The molecule has 2 aliphatic rings. The number of carbonyl (C=O) groups is 2. The molecule has 1 unspecified atom stereocenters. The number of nitrogens with one attached hydrogen (secondary N) is 1. The molecule has 2 heterocycles. The van der Waals surface area contributed by atoms with E-state index in [1.165, 1.54) is 0 Å². The van der Waals surface area contributed by atoms with Crippen molar-refractivity contribution in [2.45, 2.75) is 25.3 Å². The van der Waals surface area contributed by atoms with Gasteiger partial charge >= 0.3 is 5.97 Å². The zero-order valence-corrected chi connectivity index (χ0v) is 11.7. The number of nitrogens with zero attached hydrogens (tertiary/aromatic N) is 1. The summed E-state index contributed by atoms with van der Waals surface area (Å²) in [5, 5.41) is 12.2. The van der Waals surface area contributed by atoms with Crippen LogP contribution in [0.5, 0.6) is 5.75 Å². The Labute approximate surface area is 122 Å². The van der Waals surface area contributed by atoms with Gasteiger partial charge in [-0.2, -0.15) is 0 Å². The van der Waals surface area contributed by atoms with E-state index in [2.05, 4.69) is 5.32 Å². The molecule has 1 atom stereocenters. The Balaban J connectivity index is 1.86. The van der Waals surface area contributed by atoms with Crippen molar-refractivity contribution in [3.63, 3.8) is 0 Å². The van der Waals surface area contributed by atoms with Gasteiger partial charge in [-0.3, -0.25) is 9.59 Å². The van der Waals surface area contributed by atoms with Crippen molar-refractivity contribution in [1.29, 1.82) is 0 Å². The molecule has 6 heteroatoms. The van der Waals surface area contributed by atoms with Crippen molar-refractivity contribution < 1.29 is 19.4 Å². The Kier molecular flexibility index (Phi) is 3.68. The number of hydrogen-bond acceptors (Lipinski definition) is 4. The lowest BCUT2D eigenvalue weighted by molar-refractivity contribution is -0.137. The van der Waals surface area contributed by atoms with Crippen molar-refractivity contribution in [2.75, 3.05) is 25.0 Å². The third-order valence-electron chi connectivity index (χ3n) is 3.96. The number of carboxylic acids is 1. The molecule has 6 nitrogen and oxygen atoms in total. The molecule has 1 saturated heterocycles. The normalized spacial score (nSPS) is 20.4. The van der Waals surface area contributed by atoms with E-state index in [1.807, 2.05) is 12.1 Å². The highest BCUT2D eigenvalue weighted by molar-refractivity contribution is 5.99. The van der Waals surface area contributed by atoms with E-state index in [0.29, 0.717) is 24.5 Å². The third kappa shape index (κ3) is 2.66. The Morgan fingerprint density at radius 1 is 1.43 bits per heavy atom. The molecule has 1 aromatic rings. The van der Waals surface area contributed by atoms with Crippen molar-refractivity contribution in [3.8, 4) is 5.75 Å². The maximum atomic E-state index is 12.7. The summed E-state index contributed by atoms with van der Waals surface area (Å²) in [6, 6.07) is 5.21. The van der Waals surface area contributed by atoms with Gasteiger partial charge in [0.05, 0.1) is 17.7 Å². The molecular formula is C15H18N2O4. The fraction of sp³-hybridized carbons (Fsp3) is 0.467. The van der Waals surface area contributed by atoms with Crippen LogP contribution >= 0.6 is 0 Å². The molecule has 3 rings (SSSR count). The van der Waals surface area contributed by atoms with Gasteiger partial charge in [0.15, 0.2) is 5.75 Å². The van der Waals surface area contributed by atoms with Gasteiger partial charge in [-0.25, -0.2) is 0 Å². The second-order valence-corrected chi connectivity index (χ2v) is 5.35. The molecule has 0 aromatic heterocycles. The lowest BCUT2D eigenvalue weighted by atomic mass is 10.1. The summed E-state index contributed by atoms with van der Waals surface area (Å²) in [5.74, 6) is -0.429. The van der Waals surface area contributed by atoms with Gasteiger partial charge in [-0.05, 0) is 25.0 Å². The Morgan fingerprint density at radius 3 is 3.10 bits per heavy atom. The number of hydrogen-bond donors (Lipinski definition) is 2. The summed E-state index contributed by atoms with van der Waals surface area (Å²) in [5.41, 5.74) is 1.33. The maximum absolute atomic E-state index is 12.7. The second kappa shape index (κ2) is 5.63. The fourth-order valence-corrected chi connectivity index (χ4v) is 3.01. The number of rotatable bonds is 3. The monoisotopic (exact) mass is 290 g/mol. The molecule has 21 heavy (non-hydrogen) atoms. The van der Waals surface area contributed by atoms with Crippen LogP contribution in [0.1, 0.15) is 29.6 Å². The number of carbonyl (C=O) groups excluding carboxylic acids is 1. The molecule has 0 bridgehead atoms. The SMILES string of the molecule is O=C(O)CC1CCCN1C(=O)c1cccc2c1OCCN2. The molecule has 1 amide bonds. The van der Waals surface area contributed by atoms with Crippen molar-refractivity contribution in [3.05, 3.63) is 23.8 Å². The van der Waals surface area contributed by atoms with E-state index in [0.717, 1.165) is 25.1 Å². The number of anilines is 1. The van der Waals surface area contributed by atoms with Crippen LogP contribution in [0, 0.1) is 0 Å². The van der Waals surface area contributed by atoms with Crippen LogP contribution in [0.25, 0.3) is 0 Å². The van der Waals surface area contributed by atoms with Crippen molar-refractivity contribution in [1.82, 2.24) is 4.90 Å². The van der Waals surface area contributed by atoms with Crippen LogP contribution in [-0.4, -0.2) is 47.6 Å². The van der Waals surface area contributed by atoms with E-state index in [9.17, 15) is 9.59 Å². The molecular weight excluding hydrogens is 272 g/mol. The summed E-state index contributed by atoms with van der Waals surface area (Å²) in [4.78, 5) is 25.3. The first-order chi connectivity index (χ1) is 10.2. The smallest absolute Gasteiger partial charge is 0.305 e. The van der Waals surface area contributed by atoms with E-state index >= 15 is 0 Å². The lowest BCUT2D eigenvalue weighted by Gasteiger charge is -2.26. The van der Waals surface area contributed by atoms with Crippen molar-refractivity contribution >= 4 is 17.6 Å². The zero-order chi connectivity index (χ0) is 14.8. The number of likely N-dealkylation sites (tertiary alicyclic amines) is 1. The number of ether oxygens (including phenoxy) is 1. The van der Waals surface area contributed by atoms with E-state index in [-0.39, 0.29) is 18.4 Å². The number of carboxylic acid groups (broad SMARTS) is 1. The highest BCUT2D eigenvalue weighted by Gasteiger charge is 2.33. The van der Waals surface area contributed by atoms with E-state index in [4.69, 9.17) is 9.84 Å². The topological polar surface area (TPSA) is 78.9 Å². The van der Waals surface area contributed by atoms with Crippen molar-refractivity contribution in [2.24, 2.45) is 0 Å². The summed E-state index contributed by atoms with van der Waals surface area (Å²) < 4.78 is 5.63. The molecule has 1 fully saturated rings. The number of aliphatic carboxylic acids is 1. The van der Waals surface area contributed by atoms with Gasteiger partial charge in [0, 0.05) is 19.1 Å². The van der Waals surface area contributed by atoms with Crippen LogP contribution in [0.2, 0.25) is 0 Å². The quantitative estimate of drug-likeness (QED) is 0.883. The van der Waals surface area contributed by atoms with Gasteiger partial charge < -0.3 is 20.1 Å². The van der Waals surface area contributed by atoms with Crippen LogP contribution in [0.4, 0.5) is 5.69 Å². The lowest BCUT2D eigenvalue weighted by Crippen LogP contribution is -2.37. The highest BCUT2D eigenvalue weighted by atomic mass is 16.5. The van der Waals surface area contributed by atoms with Crippen LogP contribution in [0.15, 0.2) is 18.2 Å². The number of amides is 1.